The SMILES string of the molecule is O=C(O)CN(C(=O)NCC1CCSCC1)C1CC1. The van der Waals surface area contributed by atoms with Crippen LogP contribution in [0, 0.1) is 5.92 Å². The first kappa shape index (κ1) is 13.5. The second kappa shape index (κ2) is 6.31. The summed E-state index contributed by atoms with van der Waals surface area (Å²) in [6.45, 7) is 0.499. The molecule has 5 nitrogen and oxygen atoms in total. The van der Waals surface area contributed by atoms with E-state index < -0.39 is 5.97 Å². The average molecular weight is 272 g/mol. The summed E-state index contributed by atoms with van der Waals surface area (Å²) in [6.07, 6.45) is 4.15. The van der Waals surface area contributed by atoms with Crippen LogP contribution in [0.2, 0.25) is 0 Å². The van der Waals surface area contributed by atoms with Crippen LogP contribution in [-0.4, -0.2) is 52.6 Å². The van der Waals surface area contributed by atoms with E-state index in [2.05, 4.69) is 5.32 Å². The Morgan fingerprint density at radius 2 is 1.89 bits per heavy atom. The molecule has 6 heteroatoms. The highest BCUT2D eigenvalue weighted by Crippen LogP contribution is 2.27. The number of carbonyl (C=O) groups is 2. The number of nitrogens with zero attached hydrogens (tertiary/aromatic N) is 1. The van der Waals surface area contributed by atoms with Gasteiger partial charge in [-0.05, 0) is 43.1 Å². The minimum Gasteiger partial charge on any atom is -0.480 e. The molecule has 0 aromatic rings. The quantitative estimate of drug-likeness (QED) is 0.793. The second-order valence-corrected chi connectivity index (χ2v) is 6.22. The third kappa shape index (κ3) is 4.08. The minimum absolute atomic E-state index is 0.142. The molecule has 2 aliphatic rings. The molecule has 2 N–H and O–H groups in total. The van der Waals surface area contributed by atoms with Crippen LogP contribution in [0.4, 0.5) is 4.79 Å². The maximum Gasteiger partial charge on any atom is 0.323 e. The van der Waals surface area contributed by atoms with E-state index in [1.54, 1.807) is 0 Å². The molecular weight excluding hydrogens is 252 g/mol. The van der Waals surface area contributed by atoms with Gasteiger partial charge in [0.25, 0.3) is 0 Å². The molecule has 1 saturated heterocycles. The van der Waals surface area contributed by atoms with E-state index in [1.165, 1.54) is 16.4 Å². The fraction of sp³-hybridized carbons (Fsp3) is 0.833. The number of hydrogen-bond acceptors (Lipinski definition) is 3. The Bertz CT molecular complexity index is 314. The normalized spacial score (nSPS) is 20.4. The number of thioether (sulfide) groups is 1. The molecule has 1 aliphatic carbocycles. The van der Waals surface area contributed by atoms with Crippen LogP contribution in [0.15, 0.2) is 0 Å². The molecule has 1 heterocycles. The smallest absolute Gasteiger partial charge is 0.323 e. The van der Waals surface area contributed by atoms with Crippen LogP contribution in [0.3, 0.4) is 0 Å². The minimum atomic E-state index is -0.939. The van der Waals surface area contributed by atoms with E-state index >= 15 is 0 Å². The van der Waals surface area contributed by atoms with Gasteiger partial charge in [0, 0.05) is 12.6 Å². The lowest BCUT2D eigenvalue weighted by Crippen LogP contribution is -2.45. The molecule has 1 aliphatic heterocycles. The first-order valence-electron chi connectivity index (χ1n) is 6.51. The van der Waals surface area contributed by atoms with Crippen molar-refractivity contribution in [3.8, 4) is 0 Å². The predicted octanol–water partition coefficient (Wildman–Crippen LogP) is 1.39. The third-order valence-corrected chi connectivity index (χ3v) is 4.49. The van der Waals surface area contributed by atoms with Gasteiger partial charge in [-0.3, -0.25) is 4.79 Å². The van der Waals surface area contributed by atoms with Gasteiger partial charge in [0.1, 0.15) is 6.54 Å². The maximum absolute atomic E-state index is 11.9. The molecular formula is C12H20N2O3S. The molecule has 0 bridgehead atoms. The fourth-order valence-corrected chi connectivity index (χ4v) is 3.39. The summed E-state index contributed by atoms with van der Waals surface area (Å²) in [6, 6.07) is -0.0684. The Morgan fingerprint density at radius 1 is 1.22 bits per heavy atom. The van der Waals surface area contributed by atoms with E-state index in [0.717, 1.165) is 25.7 Å². The lowest BCUT2D eigenvalue weighted by atomic mass is 10.0. The van der Waals surface area contributed by atoms with Crippen molar-refractivity contribution in [3.05, 3.63) is 0 Å². The van der Waals surface area contributed by atoms with E-state index in [1.807, 2.05) is 11.8 Å². The summed E-state index contributed by atoms with van der Waals surface area (Å²) in [5.41, 5.74) is 0. The van der Waals surface area contributed by atoms with Crippen molar-refractivity contribution >= 4 is 23.8 Å². The number of nitrogens with one attached hydrogen (secondary N) is 1. The lowest BCUT2D eigenvalue weighted by molar-refractivity contribution is -0.137. The lowest BCUT2D eigenvalue weighted by Gasteiger charge is -2.25. The van der Waals surface area contributed by atoms with Gasteiger partial charge in [0.15, 0.2) is 0 Å². The summed E-state index contributed by atoms with van der Waals surface area (Å²) in [5.74, 6) is 1.96. The summed E-state index contributed by atoms with van der Waals surface area (Å²) in [7, 11) is 0. The number of urea groups is 1. The topological polar surface area (TPSA) is 69.6 Å². The van der Waals surface area contributed by atoms with Gasteiger partial charge in [0.05, 0.1) is 0 Å². The molecule has 0 unspecified atom stereocenters. The van der Waals surface area contributed by atoms with Gasteiger partial charge < -0.3 is 15.3 Å². The summed E-state index contributed by atoms with van der Waals surface area (Å²) >= 11 is 1.96. The van der Waals surface area contributed by atoms with Gasteiger partial charge in [-0.2, -0.15) is 11.8 Å². The van der Waals surface area contributed by atoms with E-state index in [4.69, 9.17) is 5.11 Å². The van der Waals surface area contributed by atoms with Crippen LogP contribution in [0.25, 0.3) is 0 Å². The van der Waals surface area contributed by atoms with Gasteiger partial charge >= 0.3 is 12.0 Å². The van der Waals surface area contributed by atoms with Crippen molar-refractivity contribution in [1.29, 1.82) is 0 Å². The zero-order valence-corrected chi connectivity index (χ0v) is 11.2. The number of carboxylic acid groups (broad SMARTS) is 1. The zero-order valence-electron chi connectivity index (χ0n) is 10.4. The van der Waals surface area contributed by atoms with Crippen molar-refractivity contribution < 1.29 is 14.7 Å². The Hall–Kier alpha value is -0.910. The monoisotopic (exact) mass is 272 g/mol. The molecule has 0 aromatic heterocycles. The molecule has 0 spiro atoms. The third-order valence-electron chi connectivity index (χ3n) is 3.44. The van der Waals surface area contributed by atoms with Crippen LogP contribution >= 0.6 is 11.8 Å². The molecule has 18 heavy (non-hydrogen) atoms. The molecule has 0 aromatic carbocycles. The summed E-state index contributed by atoms with van der Waals surface area (Å²) < 4.78 is 0. The van der Waals surface area contributed by atoms with Crippen LogP contribution in [-0.2, 0) is 4.79 Å². The van der Waals surface area contributed by atoms with Crippen LogP contribution < -0.4 is 5.32 Å². The standard InChI is InChI=1S/C12H20N2O3S/c15-11(16)8-14(10-1-2-10)12(17)13-7-9-3-5-18-6-4-9/h9-10H,1-8H2,(H,13,17)(H,15,16). The number of carbonyl (C=O) groups excluding carboxylic acids is 1. The van der Waals surface area contributed by atoms with Crippen LogP contribution in [0.1, 0.15) is 25.7 Å². The Balaban J connectivity index is 1.75. The predicted molar refractivity (Wildman–Crippen MR) is 70.8 cm³/mol. The Labute approximate surface area is 111 Å². The molecule has 2 rings (SSSR count). The molecule has 2 amide bonds. The molecule has 0 atom stereocenters. The highest BCUT2D eigenvalue weighted by atomic mass is 32.2. The molecule has 1 saturated carbocycles. The first-order chi connectivity index (χ1) is 8.66. The van der Waals surface area contributed by atoms with E-state index in [-0.39, 0.29) is 18.6 Å². The van der Waals surface area contributed by atoms with Gasteiger partial charge in [-0.1, -0.05) is 0 Å². The number of hydrogen-bond donors (Lipinski definition) is 2. The molecule has 2 fully saturated rings. The van der Waals surface area contributed by atoms with Crippen molar-refractivity contribution in [2.75, 3.05) is 24.6 Å². The molecule has 102 valence electrons. The largest absolute Gasteiger partial charge is 0.480 e. The average Bonchev–Trinajstić information content (AvgIpc) is 3.18. The molecule has 0 radical (unpaired) electrons. The Kier molecular flexibility index (Phi) is 4.74. The highest BCUT2D eigenvalue weighted by Gasteiger charge is 2.34. The van der Waals surface area contributed by atoms with Gasteiger partial charge in [-0.25, -0.2) is 4.79 Å². The van der Waals surface area contributed by atoms with Crippen molar-refractivity contribution in [2.45, 2.75) is 31.7 Å². The zero-order chi connectivity index (χ0) is 13.0. The summed E-state index contributed by atoms with van der Waals surface area (Å²) in [4.78, 5) is 24.1. The fourth-order valence-electron chi connectivity index (χ4n) is 2.18. The second-order valence-electron chi connectivity index (χ2n) is 4.99. The van der Waals surface area contributed by atoms with E-state index in [0.29, 0.717) is 12.5 Å². The Morgan fingerprint density at radius 3 is 2.44 bits per heavy atom. The van der Waals surface area contributed by atoms with Crippen molar-refractivity contribution in [1.82, 2.24) is 10.2 Å². The van der Waals surface area contributed by atoms with Gasteiger partial charge in [0.2, 0.25) is 0 Å². The van der Waals surface area contributed by atoms with Crippen molar-refractivity contribution in [2.24, 2.45) is 5.92 Å². The van der Waals surface area contributed by atoms with Gasteiger partial charge in [-0.15, -0.1) is 0 Å². The van der Waals surface area contributed by atoms with Crippen molar-refractivity contribution in [3.63, 3.8) is 0 Å². The first-order valence-corrected chi connectivity index (χ1v) is 7.66. The number of rotatable bonds is 5. The number of carboxylic acids is 1. The highest BCUT2D eigenvalue weighted by molar-refractivity contribution is 7.99. The van der Waals surface area contributed by atoms with Crippen LogP contribution in [0.5, 0.6) is 0 Å². The van der Waals surface area contributed by atoms with E-state index in [9.17, 15) is 9.59 Å². The number of amides is 2. The summed E-state index contributed by atoms with van der Waals surface area (Å²) in [5, 5.41) is 11.7. The maximum atomic E-state index is 11.9. The number of aliphatic carboxylic acids is 1.